The lowest BCUT2D eigenvalue weighted by molar-refractivity contribution is 0.837. The van der Waals surface area contributed by atoms with Crippen molar-refractivity contribution < 1.29 is 0 Å². The molecule has 0 unspecified atom stereocenters. The number of anilines is 3. The van der Waals surface area contributed by atoms with Crippen LogP contribution in [0.1, 0.15) is 12.8 Å². The molecule has 1 aromatic carbocycles. The minimum Gasteiger partial charge on any atom is -0.345 e. The van der Waals surface area contributed by atoms with Crippen LogP contribution in [0.25, 0.3) is 0 Å². The first-order valence-corrected chi connectivity index (χ1v) is 7.01. The lowest BCUT2D eigenvalue weighted by Crippen LogP contribution is -2.33. The van der Waals surface area contributed by atoms with Crippen molar-refractivity contribution in [2.75, 3.05) is 16.8 Å². The van der Waals surface area contributed by atoms with Gasteiger partial charge in [-0.3, -0.25) is 4.90 Å². The fourth-order valence-electron chi connectivity index (χ4n) is 2.96. The number of rotatable bonds is 1. The molecule has 0 fully saturated rings. The van der Waals surface area contributed by atoms with Crippen LogP contribution in [0.4, 0.5) is 17.3 Å². The maximum absolute atomic E-state index is 4.33. The van der Waals surface area contributed by atoms with Crippen molar-refractivity contribution in [3.63, 3.8) is 0 Å². The zero-order chi connectivity index (χ0) is 14.2. The van der Waals surface area contributed by atoms with Crippen LogP contribution >= 0.6 is 0 Å². The maximum atomic E-state index is 4.33. The van der Waals surface area contributed by atoms with Crippen molar-refractivity contribution in [1.29, 1.82) is 0 Å². The number of allylic oxidation sites excluding steroid dienone is 3. The van der Waals surface area contributed by atoms with Crippen LogP contribution < -0.4 is 9.80 Å². The van der Waals surface area contributed by atoms with E-state index in [0.717, 1.165) is 24.2 Å². The van der Waals surface area contributed by atoms with E-state index in [1.807, 2.05) is 6.07 Å². The third-order valence-corrected chi connectivity index (χ3v) is 3.93. The maximum Gasteiger partial charge on any atom is 0.237 e. The quantitative estimate of drug-likeness (QED) is 0.801. The Labute approximate surface area is 123 Å². The second-order valence-corrected chi connectivity index (χ2v) is 5.09. The molecule has 1 aromatic heterocycles. The van der Waals surface area contributed by atoms with Gasteiger partial charge in [-0.1, -0.05) is 18.2 Å². The highest BCUT2D eigenvalue weighted by Gasteiger charge is 2.30. The molecular formula is C16H15N5. The Balaban J connectivity index is 1.97. The normalized spacial score (nSPS) is 16.8. The van der Waals surface area contributed by atoms with E-state index in [4.69, 9.17) is 0 Å². The van der Waals surface area contributed by atoms with E-state index < -0.39 is 0 Å². The minimum atomic E-state index is 0.657. The summed E-state index contributed by atoms with van der Waals surface area (Å²) >= 11 is 0. The topological polar surface area (TPSA) is 45.2 Å². The van der Waals surface area contributed by atoms with Crippen LogP contribution in [0, 0.1) is 0 Å². The number of aromatic nitrogens is 3. The van der Waals surface area contributed by atoms with Gasteiger partial charge in [0.25, 0.3) is 0 Å². The standard InChI is InChI=1S/C16H15N5/c1-20-12-6-2-4-8-14(12)21(16-18-10-17-11-19-16)15-9-5-3-7-13(15)20/h2,4-6,8-11H,3,7H2,1H3. The molecule has 0 saturated carbocycles. The minimum absolute atomic E-state index is 0.657. The zero-order valence-electron chi connectivity index (χ0n) is 11.8. The summed E-state index contributed by atoms with van der Waals surface area (Å²) in [6, 6.07) is 8.33. The Morgan fingerprint density at radius 3 is 2.62 bits per heavy atom. The summed E-state index contributed by atoms with van der Waals surface area (Å²) in [5, 5.41) is 0. The SMILES string of the molecule is CN1C2=C(C=CCC2)N(c2ncncn2)c2ccccc21. The molecule has 5 heteroatoms. The summed E-state index contributed by atoms with van der Waals surface area (Å²) < 4.78 is 0. The Kier molecular flexibility index (Phi) is 2.70. The molecule has 2 heterocycles. The molecule has 0 saturated heterocycles. The smallest absolute Gasteiger partial charge is 0.237 e. The van der Waals surface area contributed by atoms with Gasteiger partial charge in [0.2, 0.25) is 5.95 Å². The van der Waals surface area contributed by atoms with Crippen LogP contribution in [0.5, 0.6) is 0 Å². The Hall–Kier alpha value is -2.69. The molecule has 1 aliphatic carbocycles. The van der Waals surface area contributed by atoms with Gasteiger partial charge >= 0.3 is 0 Å². The third kappa shape index (κ3) is 1.81. The van der Waals surface area contributed by atoms with Crippen LogP contribution in [0.15, 0.2) is 60.5 Å². The first kappa shape index (κ1) is 12.1. The number of fused-ring (bicyclic) bond motifs is 1. The van der Waals surface area contributed by atoms with E-state index in [0.29, 0.717) is 5.95 Å². The molecule has 0 N–H and O–H groups in total. The molecule has 0 atom stereocenters. The van der Waals surface area contributed by atoms with Crippen LogP contribution in [0.3, 0.4) is 0 Å². The Morgan fingerprint density at radius 2 is 1.81 bits per heavy atom. The molecular weight excluding hydrogens is 262 g/mol. The van der Waals surface area contributed by atoms with Crippen molar-refractivity contribution in [3.05, 3.63) is 60.5 Å². The first-order chi connectivity index (χ1) is 10.4. The average Bonchev–Trinajstić information content (AvgIpc) is 2.56. The number of hydrogen-bond donors (Lipinski definition) is 0. The van der Waals surface area contributed by atoms with Crippen LogP contribution in [0.2, 0.25) is 0 Å². The van der Waals surface area contributed by atoms with Crippen molar-refractivity contribution in [2.24, 2.45) is 0 Å². The lowest BCUT2D eigenvalue weighted by atomic mass is 10.0. The molecule has 2 aliphatic rings. The second-order valence-electron chi connectivity index (χ2n) is 5.09. The number of para-hydroxylation sites is 2. The van der Waals surface area contributed by atoms with Gasteiger partial charge in [-0.2, -0.15) is 0 Å². The monoisotopic (exact) mass is 277 g/mol. The summed E-state index contributed by atoms with van der Waals surface area (Å²) in [7, 11) is 2.12. The number of benzene rings is 1. The Bertz CT molecular complexity index is 735. The molecule has 0 radical (unpaired) electrons. The van der Waals surface area contributed by atoms with Gasteiger partial charge in [-0.05, 0) is 31.1 Å². The molecule has 1 aliphatic heterocycles. The van der Waals surface area contributed by atoms with Crippen molar-refractivity contribution in [3.8, 4) is 0 Å². The highest BCUT2D eigenvalue weighted by Crippen LogP contribution is 2.44. The Morgan fingerprint density at radius 1 is 1.05 bits per heavy atom. The molecule has 4 rings (SSSR count). The highest BCUT2D eigenvalue weighted by atomic mass is 15.3. The third-order valence-electron chi connectivity index (χ3n) is 3.93. The van der Waals surface area contributed by atoms with E-state index in [2.05, 4.69) is 62.2 Å². The highest BCUT2D eigenvalue weighted by molar-refractivity contribution is 5.84. The zero-order valence-corrected chi connectivity index (χ0v) is 11.8. The lowest BCUT2D eigenvalue weighted by Gasteiger charge is -2.39. The fraction of sp³-hybridized carbons (Fsp3) is 0.188. The van der Waals surface area contributed by atoms with Gasteiger partial charge in [-0.25, -0.2) is 15.0 Å². The first-order valence-electron chi connectivity index (χ1n) is 7.01. The molecule has 0 amide bonds. The molecule has 0 bridgehead atoms. The number of nitrogens with zero attached hydrogens (tertiary/aromatic N) is 5. The fourth-order valence-corrected chi connectivity index (χ4v) is 2.96. The molecule has 2 aromatic rings. The second kappa shape index (κ2) is 4.70. The van der Waals surface area contributed by atoms with Crippen molar-refractivity contribution in [1.82, 2.24) is 15.0 Å². The van der Waals surface area contributed by atoms with Gasteiger partial charge < -0.3 is 4.90 Å². The van der Waals surface area contributed by atoms with Gasteiger partial charge in [-0.15, -0.1) is 0 Å². The van der Waals surface area contributed by atoms with Gasteiger partial charge in [0, 0.05) is 12.7 Å². The van der Waals surface area contributed by atoms with E-state index >= 15 is 0 Å². The van der Waals surface area contributed by atoms with E-state index in [-0.39, 0.29) is 0 Å². The number of hydrogen-bond acceptors (Lipinski definition) is 5. The summed E-state index contributed by atoms with van der Waals surface area (Å²) in [6.45, 7) is 0. The van der Waals surface area contributed by atoms with E-state index in [1.54, 1.807) is 0 Å². The van der Waals surface area contributed by atoms with Gasteiger partial charge in [0.15, 0.2) is 0 Å². The largest absolute Gasteiger partial charge is 0.345 e. The predicted molar refractivity (Wildman–Crippen MR) is 82.2 cm³/mol. The molecule has 21 heavy (non-hydrogen) atoms. The van der Waals surface area contributed by atoms with Crippen molar-refractivity contribution in [2.45, 2.75) is 12.8 Å². The average molecular weight is 277 g/mol. The molecule has 104 valence electrons. The summed E-state index contributed by atoms with van der Waals surface area (Å²) in [5.74, 6) is 0.657. The molecule has 0 spiro atoms. The van der Waals surface area contributed by atoms with Crippen molar-refractivity contribution >= 4 is 17.3 Å². The molecule has 5 nitrogen and oxygen atoms in total. The van der Waals surface area contributed by atoms with Crippen LogP contribution in [-0.4, -0.2) is 22.0 Å². The summed E-state index contributed by atoms with van der Waals surface area (Å²) in [5.41, 5.74) is 4.72. The van der Waals surface area contributed by atoms with Gasteiger partial charge in [0.05, 0.1) is 17.1 Å². The summed E-state index contributed by atoms with van der Waals surface area (Å²) in [6.07, 6.45) is 9.53. The summed E-state index contributed by atoms with van der Waals surface area (Å²) in [4.78, 5) is 17.0. The predicted octanol–water partition coefficient (Wildman–Crippen LogP) is 3.02. The van der Waals surface area contributed by atoms with E-state index in [1.165, 1.54) is 24.0 Å². The van der Waals surface area contributed by atoms with E-state index in [9.17, 15) is 0 Å². The van der Waals surface area contributed by atoms with Crippen LogP contribution in [-0.2, 0) is 0 Å². The van der Waals surface area contributed by atoms with Gasteiger partial charge in [0.1, 0.15) is 12.7 Å².